The van der Waals surface area contributed by atoms with Gasteiger partial charge < -0.3 is 19.1 Å². The van der Waals surface area contributed by atoms with E-state index in [9.17, 15) is 0 Å². The molecule has 0 saturated carbocycles. The Labute approximate surface area is 178 Å². The Kier molecular flexibility index (Phi) is 7.49. The average molecular weight is 408 g/mol. The molecule has 0 fully saturated rings. The lowest BCUT2D eigenvalue weighted by Gasteiger charge is -2.24. The average Bonchev–Trinajstić information content (AvgIpc) is 2.80. The highest BCUT2D eigenvalue weighted by Crippen LogP contribution is 2.24. The van der Waals surface area contributed by atoms with Gasteiger partial charge in [-0.1, -0.05) is 37.6 Å². The molecule has 0 bridgehead atoms. The van der Waals surface area contributed by atoms with E-state index in [0.29, 0.717) is 24.9 Å². The van der Waals surface area contributed by atoms with Gasteiger partial charge in [0.2, 0.25) is 11.8 Å². The van der Waals surface area contributed by atoms with Gasteiger partial charge in [0.1, 0.15) is 11.5 Å². The van der Waals surface area contributed by atoms with Crippen molar-refractivity contribution in [2.45, 2.75) is 32.9 Å². The van der Waals surface area contributed by atoms with Crippen LogP contribution < -0.4 is 19.1 Å². The second kappa shape index (κ2) is 10.5. The molecule has 0 amide bonds. The fraction of sp³-hybridized carbons (Fsp3) is 0.333. The zero-order chi connectivity index (χ0) is 21.3. The van der Waals surface area contributed by atoms with E-state index in [1.807, 2.05) is 30.5 Å². The first-order valence-electron chi connectivity index (χ1n) is 10.1. The zero-order valence-corrected chi connectivity index (χ0v) is 18.1. The third kappa shape index (κ3) is 5.41. The molecule has 6 heteroatoms. The van der Waals surface area contributed by atoms with Crippen LogP contribution in [0.1, 0.15) is 30.0 Å². The fourth-order valence-electron chi connectivity index (χ4n) is 3.25. The fourth-order valence-corrected chi connectivity index (χ4v) is 3.25. The van der Waals surface area contributed by atoms with E-state index in [1.54, 1.807) is 21.3 Å². The lowest BCUT2D eigenvalue weighted by atomic mass is 10.1. The van der Waals surface area contributed by atoms with E-state index in [2.05, 4.69) is 41.1 Å². The van der Waals surface area contributed by atoms with E-state index < -0.39 is 0 Å². The van der Waals surface area contributed by atoms with Crippen LogP contribution in [0.25, 0.3) is 0 Å². The Morgan fingerprint density at radius 2 is 1.30 bits per heavy atom. The number of rotatable bonds is 10. The molecular formula is C24H29N3O3. The van der Waals surface area contributed by atoms with Crippen LogP contribution in [0, 0.1) is 0 Å². The second-order valence-electron chi connectivity index (χ2n) is 7.01. The molecule has 0 N–H and O–H groups in total. The molecule has 1 heterocycles. The van der Waals surface area contributed by atoms with Crippen LogP contribution >= 0.6 is 0 Å². The van der Waals surface area contributed by atoms with Crippen molar-refractivity contribution in [2.24, 2.45) is 0 Å². The van der Waals surface area contributed by atoms with Crippen molar-refractivity contribution in [1.82, 2.24) is 9.97 Å². The molecule has 0 aliphatic carbocycles. The number of methoxy groups -OCH3 is 3. The molecule has 1 aromatic heterocycles. The molecule has 3 aromatic rings. The highest BCUT2D eigenvalue weighted by atomic mass is 16.5. The van der Waals surface area contributed by atoms with E-state index in [0.717, 1.165) is 41.0 Å². The minimum Gasteiger partial charge on any atom is -0.497 e. The van der Waals surface area contributed by atoms with Crippen molar-refractivity contribution in [2.75, 3.05) is 26.2 Å². The summed E-state index contributed by atoms with van der Waals surface area (Å²) in [5.74, 6) is 2.94. The summed E-state index contributed by atoms with van der Waals surface area (Å²) >= 11 is 0. The van der Waals surface area contributed by atoms with Gasteiger partial charge in [-0.05, 0) is 41.8 Å². The van der Waals surface area contributed by atoms with Crippen LogP contribution in [-0.4, -0.2) is 31.3 Å². The number of anilines is 1. The van der Waals surface area contributed by atoms with Crippen LogP contribution in [-0.2, 0) is 19.5 Å². The first-order chi connectivity index (χ1) is 14.7. The molecule has 0 atom stereocenters. The van der Waals surface area contributed by atoms with Gasteiger partial charge in [0.05, 0.1) is 21.3 Å². The SMILES string of the molecule is CCCc1cnc(N(Cc2ccc(OC)cc2)Cc2ccc(OC)cc2)nc1OC. The Balaban J connectivity index is 1.90. The molecule has 0 saturated heterocycles. The highest BCUT2D eigenvalue weighted by Gasteiger charge is 2.15. The summed E-state index contributed by atoms with van der Waals surface area (Å²) in [6.45, 7) is 3.45. The molecule has 3 rings (SSSR count). The maximum absolute atomic E-state index is 5.54. The number of hydrogen-bond acceptors (Lipinski definition) is 6. The summed E-state index contributed by atoms with van der Waals surface area (Å²) in [6, 6.07) is 16.1. The quantitative estimate of drug-likeness (QED) is 0.487. The van der Waals surface area contributed by atoms with Gasteiger partial charge in [-0.2, -0.15) is 4.98 Å². The maximum Gasteiger partial charge on any atom is 0.229 e. The molecule has 158 valence electrons. The van der Waals surface area contributed by atoms with E-state index in [4.69, 9.17) is 19.2 Å². The van der Waals surface area contributed by atoms with E-state index >= 15 is 0 Å². The largest absolute Gasteiger partial charge is 0.497 e. The minimum absolute atomic E-state index is 0.635. The van der Waals surface area contributed by atoms with Crippen LogP contribution in [0.5, 0.6) is 17.4 Å². The molecule has 30 heavy (non-hydrogen) atoms. The molecular weight excluding hydrogens is 378 g/mol. The summed E-state index contributed by atoms with van der Waals surface area (Å²) < 4.78 is 16.1. The Morgan fingerprint density at radius 1 is 0.767 bits per heavy atom. The maximum atomic E-state index is 5.54. The Morgan fingerprint density at radius 3 is 1.73 bits per heavy atom. The van der Waals surface area contributed by atoms with Crippen molar-refractivity contribution in [3.63, 3.8) is 0 Å². The van der Waals surface area contributed by atoms with Gasteiger partial charge in [-0.3, -0.25) is 0 Å². The highest BCUT2D eigenvalue weighted by molar-refractivity contribution is 5.40. The summed E-state index contributed by atoms with van der Waals surface area (Å²) in [5, 5.41) is 0. The second-order valence-corrected chi connectivity index (χ2v) is 7.01. The first kappa shape index (κ1) is 21.4. The van der Waals surface area contributed by atoms with Crippen LogP contribution in [0.4, 0.5) is 5.95 Å². The van der Waals surface area contributed by atoms with Crippen molar-refractivity contribution < 1.29 is 14.2 Å². The minimum atomic E-state index is 0.635. The third-order valence-electron chi connectivity index (χ3n) is 4.87. The van der Waals surface area contributed by atoms with Crippen molar-refractivity contribution in [3.05, 3.63) is 71.4 Å². The normalized spacial score (nSPS) is 10.5. The van der Waals surface area contributed by atoms with E-state index in [-0.39, 0.29) is 0 Å². The van der Waals surface area contributed by atoms with Crippen LogP contribution in [0.15, 0.2) is 54.7 Å². The lowest BCUT2D eigenvalue weighted by molar-refractivity contribution is 0.390. The molecule has 2 aromatic carbocycles. The third-order valence-corrected chi connectivity index (χ3v) is 4.87. The molecule has 0 radical (unpaired) electrons. The Bertz CT molecular complexity index is 878. The predicted molar refractivity (Wildman–Crippen MR) is 118 cm³/mol. The smallest absolute Gasteiger partial charge is 0.229 e. The zero-order valence-electron chi connectivity index (χ0n) is 18.1. The van der Waals surface area contributed by atoms with Crippen LogP contribution in [0.3, 0.4) is 0 Å². The van der Waals surface area contributed by atoms with E-state index in [1.165, 1.54) is 0 Å². The lowest BCUT2D eigenvalue weighted by Crippen LogP contribution is -2.24. The number of nitrogens with zero attached hydrogens (tertiary/aromatic N) is 3. The summed E-state index contributed by atoms with van der Waals surface area (Å²) in [5.41, 5.74) is 3.31. The van der Waals surface area contributed by atoms with Gasteiger partial charge in [0.25, 0.3) is 0 Å². The number of hydrogen-bond donors (Lipinski definition) is 0. The van der Waals surface area contributed by atoms with Crippen molar-refractivity contribution in [1.29, 1.82) is 0 Å². The number of aryl methyl sites for hydroxylation is 1. The Hall–Kier alpha value is -3.28. The molecule has 0 unspecified atom stereocenters. The van der Waals surface area contributed by atoms with Crippen LogP contribution in [0.2, 0.25) is 0 Å². The predicted octanol–water partition coefficient (Wildman–Crippen LogP) is 4.66. The number of benzene rings is 2. The number of aromatic nitrogens is 2. The topological polar surface area (TPSA) is 56.7 Å². The van der Waals surface area contributed by atoms with Gasteiger partial charge in [0.15, 0.2) is 0 Å². The van der Waals surface area contributed by atoms with Gasteiger partial charge >= 0.3 is 0 Å². The van der Waals surface area contributed by atoms with Gasteiger partial charge in [-0.15, -0.1) is 0 Å². The van der Waals surface area contributed by atoms with Gasteiger partial charge in [0, 0.05) is 24.8 Å². The monoisotopic (exact) mass is 407 g/mol. The summed E-state index contributed by atoms with van der Waals surface area (Å²) in [6.07, 6.45) is 3.78. The first-order valence-corrected chi connectivity index (χ1v) is 10.1. The summed E-state index contributed by atoms with van der Waals surface area (Å²) in [4.78, 5) is 11.5. The summed E-state index contributed by atoms with van der Waals surface area (Å²) in [7, 11) is 4.99. The standard InChI is InChI=1S/C24H29N3O3/c1-5-6-20-15-25-24(26-23(20)30-4)27(16-18-7-11-21(28-2)12-8-18)17-19-9-13-22(29-3)14-10-19/h7-15H,5-6,16-17H2,1-4H3. The van der Waals surface area contributed by atoms with Gasteiger partial charge in [-0.25, -0.2) is 4.98 Å². The molecule has 0 aliphatic heterocycles. The molecule has 0 aliphatic rings. The van der Waals surface area contributed by atoms with Crippen molar-refractivity contribution in [3.8, 4) is 17.4 Å². The van der Waals surface area contributed by atoms with Crippen molar-refractivity contribution >= 4 is 5.95 Å². The number of ether oxygens (including phenoxy) is 3. The molecule has 6 nitrogen and oxygen atoms in total. The molecule has 0 spiro atoms.